The number of H-pyrrole nitrogens is 1. The molecule has 1 aliphatic heterocycles. The second-order valence-corrected chi connectivity index (χ2v) is 9.17. The zero-order valence-corrected chi connectivity index (χ0v) is 18.1. The fraction of sp³-hybridized carbons (Fsp3) is 0.583. The largest absolute Gasteiger partial charge is 0.361 e. The van der Waals surface area contributed by atoms with E-state index in [0.29, 0.717) is 32.5 Å². The normalized spacial score (nSPS) is 21.3. The third-order valence-electron chi connectivity index (χ3n) is 6.99. The molecule has 1 saturated heterocycles. The number of benzene rings is 1. The van der Waals surface area contributed by atoms with Gasteiger partial charge in [-0.2, -0.15) is 0 Å². The monoisotopic (exact) mass is 411 g/mol. The van der Waals surface area contributed by atoms with Crippen LogP contribution in [0.2, 0.25) is 0 Å². The molecule has 1 aliphatic carbocycles. The maximum Gasteiger partial charge on any atom is 0.281 e. The summed E-state index contributed by atoms with van der Waals surface area (Å²) in [6.07, 6.45) is 9.50. The molecular weight excluding hydrogens is 376 g/mol. The lowest BCUT2D eigenvalue weighted by molar-refractivity contribution is -0.405. The van der Waals surface area contributed by atoms with Crippen molar-refractivity contribution in [2.45, 2.75) is 64.0 Å². The summed E-state index contributed by atoms with van der Waals surface area (Å²) in [6.45, 7) is 3.91. The van der Waals surface area contributed by atoms with Crippen molar-refractivity contribution >= 4 is 22.7 Å². The number of nitrogens with one attached hydrogen (secondary N) is 1. The van der Waals surface area contributed by atoms with Crippen molar-refractivity contribution in [3.8, 4) is 0 Å². The fourth-order valence-electron chi connectivity index (χ4n) is 5.21. The third kappa shape index (κ3) is 4.53. The highest BCUT2D eigenvalue weighted by atomic mass is 16.2. The number of para-hydroxylation sites is 1. The van der Waals surface area contributed by atoms with E-state index in [9.17, 15) is 9.59 Å². The Kier molecular flexibility index (Phi) is 6.42. The van der Waals surface area contributed by atoms with E-state index in [1.165, 1.54) is 25.7 Å². The van der Waals surface area contributed by atoms with Gasteiger partial charge >= 0.3 is 0 Å². The van der Waals surface area contributed by atoms with Crippen LogP contribution in [0.5, 0.6) is 0 Å². The first-order valence-electron chi connectivity index (χ1n) is 11.5. The summed E-state index contributed by atoms with van der Waals surface area (Å²) in [5, 5.41) is 1.16. The topological polar surface area (TPSA) is 84.1 Å². The Morgan fingerprint density at radius 2 is 1.97 bits per heavy atom. The highest BCUT2D eigenvalue weighted by Crippen LogP contribution is 2.29. The van der Waals surface area contributed by atoms with E-state index in [-0.39, 0.29) is 23.9 Å². The second-order valence-electron chi connectivity index (χ2n) is 9.17. The Morgan fingerprint density at radius 1 is 1.20 bits per heavy atom. The van der Waals surface area contributed by atoms with Gasteiger partial charge in [0.25, 0.3) is 5.91 Å². The van der Waals surface area contributed by atoms with Crippen LogP contribution in [-0.2, 0) is 16.0 Å². The molecule has 1 saturated carbocycles. The van der Waals surface area contributed by atoms with Crippen molar-refractivity contribution in [3.05, 3.63) is 36.0 Å². The van der Waals surface area contributed by atoms with Gasteiger partial charge in [-0.1, -0.05) is 43.9 Å². The highest BCUT2D eigenvalue weighted by Gasteiger charge is 2.33. The van der Waals surface area contributed by atoms with Gasteiger partial charge < -0.3 is 20.5 Å². The SMILES string of the molecule is C[C@H]1CN(C(=O)[C@H]([NH3+])Cc2c[nH]c3ccccc23)CCN1C(=O)CCC1CCCC1. The molecule has 6 heteroatoms. The van der Waals surface area contributed by atoms with Crippen molar-refractivity contribution in [3.63, 3.8) is 0 Å². The molecule has 2 atom stereocenters. The van der Waals surface area contributed by atoms with Gasteiger partial charge in [-0.05, 0) is 30.9 Å². The minimum Gasteiger partial charge on any atom is -0.361 e. The molecule has 1 aromatic heterocycles. The minimum absolute atomic E-state index is 0.0686. The highest BCUT2D eigenvalue weighted by molar-refractivity contribution is 5.85. The van der Waals surface area contributed by atoms with Gasteiger partial charge in [0.05, 0.1) is 0 Å². The van der Waals surface area contributed by atoms with Crippen LogP contribution in [0.3, 0.4) is 0 Å². The summed E-state index contributed by atoms with van der Waals surface area (Å²) in [7, 11) is 0. The maximum absolute atomic E-state index is 13.0. The molecule has 30 heavy (non-hydrogen) atoms. The first kappa shape index (κ1) is 20.9. The van der Waals surface area contributed by atoms with Gasteiger partial charge in [0.1, 0.15) is 0 Å². The Hall–Kier alpha value is -2.34. The molecule has 1 aromatic carbocycles. The van der Waals surface area contributed by atoms with Crippen molar-refractivity contribution in [1.82, 2.24) is 14.8 Å². The number of nitrogens with zero attached hydrogens (tertiary/aromatic N) is 2. The number of hydrogen-bond acceptors (Lipinski definition) is 2. The first-order chi connectivity index (χ1) is 14.5. The number of piperazine rings is 1. The van der Waals surface area contributed by atoms with Gasteiger partial charge in [-0.3, -0.25) is 9.59 Å². The summed E-state index contributed by atoms with van der Waals surface area (Å²) in [4.78, 5) is 32.9. The summed E-state index contributed by atoms with van der Waals surface area (Å²) >= 11 is 0. The molecule has 4 rings (SSSR count). The Balaban J connectivity index is 1.29. The quantitative estimate of drug-likeness (QED) is 0.765. The van der Waals surface area contributed by atoms with E-state index < -0.39 is 0 Å². The van der Waals surface area contributed by atoms with Crippen LogP contribution in [0, 0.1) is 5.92 Å². The van der Waals surface area contributed by atoms with Gasteiger partial charge in [-0.25, -0.2) is 0 Å². The summed E-state index contributed by atoms with van der Waals surface area (Å²) < 4.78 is 0. The van der Waals surface area contributed by atoms with E-state index in [2.05, 4.69) is 23.7 Å². The standard InChI is InChI=1S/C24H34N4O2/c1-17-16-27(12-13-28(17)23(29)11-10-18-6-2-3-7-18)24(30)21(25)14-19-15-26-22-9-5-4-8-20(19)22/h4-5,8-9,15,17-18,21,26H,2-3,6-7,10-14,16,25H2,1H3/p+1/t17-,21+/m0/s1. The smallest absolute Gasteiger partial charge is 0.281 e. The molecule has 4 N–H and O–H groups in total. The molecule has 2 heterocycles. The number of aromatic nitrogens is 1. The maximum atomic E-state index is 13.0. The van der Waals surface area contributed by atoms with Gasteiger partial charge in [0.2, 0.25) is 5.91 Å². The predicted molar refractivity (Wildman–Crippen MR) is 118 cm³/mol. The fourth-order valence-corrected chi connectivity index (χ4v) is 5.21. The van der Waals surface area contributed by atoms with Crippen LogP contribution < -0.4 is 5.73 Å². The average molecular weight is 412 g/mol. The van der Waals surface area contributed by atoms with Crippen LogP contribution in [0.15, 0.2) is 30.5 Å². The summed E-state index contributed by atoms with van der Waals surface area (Å²) in [5.41, 5.74) is 6.38. The number of carbonyl (C=O) groups excluding carboxylic acids is 2. The number of fused-ring (bicyclic) bond motifs is 1. The van der Waals surface area contributed by atoms with Crippen molar-refractivity contribution < 1.29 is 15.3 Å². The molecule has 0 bridgehead atoms. The number of rotatable bonds is 6. The Morgan fingerprint density at radius 3 is 2.73 bits per heavy atom. The van der Waals surface area contributed by atoms with Crippen molar-refractivity contribution in [2.24, 2.45) is 5.92 Å². The molecule has 0 radical (unpaired) electrons. The number of carbonyl (C=O) groups is 2. The van der Waals surface area contributed by atoms with Crippen LogP contribution in [0.4, 0.5) is 0 Å². The second kappa shape index (κ2) is 9.21. The van der Waals surface area contributed by atoms with Crippen LogP contribution in [0.1, 0.15) is 51.0 Å². The summed E-state index contributed by atoms with van der Waals surface area (Å²) in [5.74, 6) is 1.08. The number of hydrogen-bond donors (Lipinski definition) is 2. The molecule has 0 unspecified atom stereocenters. The number of quaternary nitrogens is 1. The molecule has 162 valence electrons. The van der Waals surface area contributed by atoms with Crippen molar-refractivity contribution in [2.75, 3.05) is 19.6 Å². The molecule has 6 nitrogen and oxygen atoms in total. The number of amides is 2. The van der Waals surface area contributed by atoms with Crippen LogP contribution in [-0.4, -0.2) is 58.3 Å². The van der Waals surface area contributed by atoms with Gasteiger partial charge in [-0.15, -0.1) is 0 Å². The lowest BCUT2D eigenvalue weighted by atomic mass is 10.0. The van der Waals surface area contributed by atoms with Crippen LogP contribution >= 0.6 is 0 Å². The predicted octanol–water partition coefficient (Wildman–Crippen LogP) is 2.35. The van der Waals surface area contributed by atoms with Crippen LogP contribution in [0.25, 0.3) is 10.9 Å². The molecule has 2 fully saturated rings. The Labute approximate surface area is 178 Å². The zero-order chi connectivity index (χ0) is 21.1. The molecule has 2 aliphatic rings. The minimum atomic E-state index is -0.318. The first-order valence-corrected chi connectivity index (χ1v) is 11.5. The van der Waals surface area contributed by atoms with E-state index >= 15 is 0 Å². The zero-order valence-electron chi connectivity index (χ0n) is 18.1. The summed E-state index contributed by atoms with van der Waals surface area (Å²) in [6, 6.07) is 7.90. The lowest BCUT2D eigenvalue weighted by Crippen LogP contribution is -2.70. The van der Waals surface area contributed by atoms with Gasteiger partial charge in [0, 0.05) is 55.6 Å². The van der Waals surface area contributed by atoms with E-state index in [1.807, 2.05) is 34.2 Å². The molecule has 2 amide bonds. The average Bonchev–Trinajstić information content (AvgIpc) is 3.41. The molecule has 0 spiro atoms. The van der Waals surface area contributed by atoms with E-state index in [0.717, 1.165) is 28.8 Å². The van der Waals surface area contributed by atoms with E-state index in [1.54, 1.807) is 0 Å². The number of aromatic amines is 1. The van der Waals surface area contributed by atoms with Gasteiger partial charge in [0.15, 0.2) is 6.04 Å². The Bertz CT molecular complexity index is 886. The third-order valence-corrected chi connectivity index (χ3v) is 6.99. The van der Waals surface area contributed by atoms with E-state index in [4.69, 9.17) is 0 Å². The molecular formula is C24H35N4O2+. The van der Waals surface area contributed by atoms with Crippen molar-refractivity contribution in [1.29, 1.82) is 0 Å². The molecule has 2 aromatic rings. The lowest BCUT2D eigenvalue weighted by Gasteiger charge is -2.40.